The predicted octanol–water partition coefficient (Wildman–Crippen LogP) is 2.02. The van der Waals surface area contributed by atoms with Crippen LogP contribution in [-0.2, 0) is 14.8 Å². The topological polar surface area (TPSA) is 57.7 Å². The van der Waals surface area contributed by atoms with E-state index in [4.69, 9.17) is 0 Å². The average Bonchev–Trinajstić information content (AvgIpc) is 2.53. The Labute approximate surface area is 133 Å². The Bertz CT molecular complexity index is 603. The summed E-state index contributed by atoms with van der Waals surface area (Å²) in [6.45, 7) is 5.68. The van der Waals surface area contributed by atoms with E-state index >= 15 is 0 Å². The number of unbranched alkanes of at least 4 members (excludes halogenated alkanes) is 1. The number of amides is 1. The van der Waals surface area contributed by atoms with Gasteiger partial charge >= 0.3 is 0 Å². The number of aryl methyl sites for hydroxylation is 1. The molecule has 1 saturated heterocycles. The lowest BCUT2D eigenvalue weighted by molar-refractivity contribution is -0.132. The zero-order chi connectivity index (χ0) is 16.2. The number of sulfonamides is 1. The van der Waals surface area contributed by atoms with Crippen LogP contribution in [0.4, 0.5) is 0 Å². The van der Waals surface area contributed by atoms with Crippen molar-refractivity contribution in [2.75, 3.05) is 26.2 Å². The Balaban J connectivity index is 1.98. The molecule has 2 rings (SSSR count). The van der Waals surface area contributed by atoms with E-state index in [1.165, 1.54) is 4.31 Å². The van der Waals surface area contributed by atoms with Gasteiger partial charge in [-0.1, -0.05) is 31.0 Å². The Morgan fingerprint density at radius 1 is 1.09 bits per heavy atom. The molecule has 122 valence electrons. The van der Waals surface area contributed by atoms with Crippen LogP contribution in [0.2, 0.25) is 0 Å². The number of rotatable bonds is 5. The van der Waals surface area contributed by atoms with Crippen LogP contribution < -0.4 is 0 Å². The highest BCUT2D eigenvalue weighted by atomic mass is 32.2. The molecule has 0 aliphatic carbocycles. The maximum absolute atomic E-state index is 12.6. The van der Waals surface area contributed by atoms with Crippen LogP contribution in [0.25, 0.3) is 0 Å². The third-order valence-corrected chi connectivity index (χ3v) is 5.91. The van der Waals surface area contributed by atoms with Crippen LogP contribution in [0.15, 0.2) is 29.2 Å². The van der Waals surface area contributed by atoms with Crippen molar-refractivity contribution in [2.45, 2.75) is 38.0 Å². The van der Waals surface area contributed by atoms with Crippen LogP contribution in [0, 0.1) is 6.92 Å². The van der Waals surface area contributed by atoms with Gasteiger partial charge in [0.15, 0.2) is 0 Å². The van der Waals surface area contributed by atoms with Crippen LogP contribution in [0.5, 0.6) is 0 Å². The average molecular weight is 324 g/mol. The molecule has 1 fully saturated rings. The van der Waals surface area contributed by atoms with E-state index in [9.17, 15) is 13.2 Å². The van der Waals surface area contributed by atoms with Crippen molar-refractivity contribution in [2.24, 2.45) is 0 Å². The van der Waals surface area contributed by atoms with E-state index in [0.29, 0.717) is 37.5 Å². The van der Waals surface area contributed by atoms with E-state index in [1.54, 1.807) is 29.2 Å². The van der Waals surface area contributed by atoms with E-state index in [1.807, 2.05) is 6.92 Å². The third kappa shape index (κ3) is 3.87. The van der Waals surface area contributed by atoms with Crippen molar-refractivity contribution >= 4 is 15.9 Å². The maximum Gasteiger partial charge on any atom is 0.243 e. The first-order valence-corrected chi connectivity index (χ1v) is 9.23. The first-order valence-electron chi connectivity index (χ1n) is 7.79. The molecule has 1 heterocycles. The Morgan fingerprint density at radius 3 is 2.23 bits per heavy atom. The summed E-state index contributed by atoms with van der Waals surface area (Å²) in [5.74, 6) is 0.134. The third-order valence-electron chi connectivity index (χ3n) is 3.99. The highest BCUT2D eigenvalue weighted by molar-refractivity contribution is 7.89. The van der Waals surface area contributed by atoms with Crippen molar-refractivity contribution in [3.05, 3.63) is 29.8 Å². The highest BCUT2D eigenvalue weighted by Crippen LogP contribution is 2.18. The van der Waals surface area contributed by atoms with E-state index in [0.717, 1.165) is 18.4 Å². The van der Waals surface area contributed by atoms with Crippen LogP contribution >= 0.6 is 0 Å². The molecule has 0 atom stereocenters. The maximum atomic E-state index is 12.6. The highest BCUT2D eigenvalue weighted by Gasteiger charge is 2.29. The zero-order valence-electron chi connectivity index (χ0n) is 13.3. The fourth-order valence-corrected chi connectivity index (χ4v) is 3.95. The van der Waals surface area contributed by atoms with Gasteiger partial charge < -0.3 is 4.90 Å². The first kappa shape index (κ1) is 17.0. The predicted molar refractivity (Wildman–Crippen MR) is 86.0 cm³/mol. The molecular weight excluding hydrogens is 300 g/mol. The molecule has 6 heteroatoms. The molecule has 1 aliphatic heterocycles. The number of carbonyl (C=O) groups is 1. The molecule has 1 aliphatic rings. The number of carbonyl (C=O) groups excluding carboxylic acids is 1. The molecule has 0 aromatic heterocycles. The van der Waals surface area contributed by atoms with Crippen molar-refractivity contribution in [3.63, 3.8) is 0 Å². The number of nitrogens with zero attached hydrogens (tertiary/aromatic N) is 2. The second-order valence-corrected chi connectivity index (χ2v) is 7.64. The van der Waals surface area contributed by atoms with Crippen molar-refractivity contribution < 1.29 is 13.2 Å². The minimum atomic E-state index is -3.45. The van der Waals surface area contributed by atoms with E-state index in [-0.39, 0.29) is 5.91 Å². The molecule has 0 N–H and O–H groups in total. The monoisotopic (exact) mass is 324 g/mol. The molecule has 0 unspecified atom stereocenters. The molecule has 0 bridgehead atoms. The van der Waals surface area contributed by atoms with Gasteiger partial charge in [-0.15, -0.1) is 0 Å². The quantitative estimate of drug-likeness (QED) is 0.832. The van der Waals surface area contributed by atoms with E-state index < -0.39 is 10.0 Å². The van der Waals surface area contributed by atoms with Gasteiger partial charge in [0.2, 0.25) is 15.9 Å². The number of benzene rings is 1. The van der Waals surface area contributed by atoms with Gasteiger partial charge in [0.25, 0.3) is 0 Å². The molecule has 1 amide bonds. The van der Waals surface area contributed by atoms with Crippen LogP contribution in [0.1, 0.15) is 31.7 Å². The lowest BCUT2D eigenvalue weighted by Crippen LogP contribution is -2.50. The van der Waals surface area contributed by atoms with Gasteiger partial charge in [0, 0.05) is 32.6 Å². The van der Waals surface area contributed by atoms with E-state index in [2.05, 4.69) is 6.92 Å². The first-order chi connectivity index (χ1) is 10.4. The molecular formula is C16H24N2O3S. The van der Waals surface area contributed by atoms with Gasteiger partial charge in [-0.25, -0.2) is 8.42 Å². The summed E-state index contributed by atoms with van der Waals surface area (Å²) >= 11 is 0. The largest absolute Gasteiger partial charge is 0.340 e. The SMILES string of the molecule is CCCCC(=O)N1CCN(S(=O)(=O)c2ccc(C)cc2)CC1. The molecule has 0 spiro atoms. The summed E-state index contributed by atoms with van der Waals surface area (Å²) in [5.41, 5.74) is 1.03. The molecule has 5 nitrogen and oxygen atoms in total. The summed E-state index contributed by atoms with van der Waals surface area (Å²) in [6.07, 6.45) is 2.44. The summed E-state index contributed by atoms with van der Waals surface area (Å²) in [6, 6.07) is 6.89. The number of hydrogen-bond donors (Lipinski definition) is 0. The smallest absolute Gasteiger partial charge is 0.243 e. The fraction of sp³-hybridized carbons (Fsp3) is 0.562. The molecule has 0 saturated carbocycles. The van der Waals surface area contributed by atoms with Crippen LogP contribution in [0.3, 0.4) is 0 Å². The Hall–Kier alpha value is -1.40. The van der Waals surface area contributed by atoms with Crippen molar-refractivity contribution in [1.29, 1.82) is 0 Å². The second kappa shape index (κ2) is 7.24. The Morgan fingerprint density at radius 2 is 1.68 bits per heavy atom. The van der Waals surface area contributed by atoms with Crippen molar-refractivity contribution in [1.82, 2.24) is 9.21 Å². The molecule has 1 aromatic carbocycles. The van der Waals surface area contributed by atoms with Gasteiger partial charge in [-0.05, 0) is 25.5 Å². The van der Waals surface area contributed by atoms with Gasteiger partial charge in [0.1, 0.15) is 0 Å². The minimum Gasteiger partial charge on any atom is -0.340 e. The van der Waals surface area contributed by atoms with Gasteiger partial charge in [-0.3, -0.25) is 4.79 Å². The normalized spacial score (nSPS) is 16.7. The number of hydrogen-bond acceptors (Lipinski definition) is 3. The second-order valence-electron chi connectivity index (χ2n) is 5.70. The molecule has 22 heavy (non-hydrogen) atoms. The summed E-state index contributed by atoms with van der Waals surface area (Å²) in [5, 5.41) is 0. The molecule has 1 aromatic rings. The lowest BCUT2D eigenvalue weighted by Gasteiger charge is -2.34. The number of piperazine rings is 1. The Kier molecular flexibility index (Phi) is 5.58. The summed E-state index contributed by atoms with van der Waals surface area (Å²) in [4.78, 5) is 14.1. The van der Waals surface area contributed by atoms with Gasteiger partial charge in [0.05, 0.1) is 4.90 Å². The molecule has 0 radical (unpaired) electrons. The lowest BCUT2D eigenvalue weighted by atomic mass is 10.2. The summed E-state index contributed by atoms with van der Waals surface area (Å²) in [7, 11) is -3.45. The fourth-order valence-electron chi connectivity index (χ4n) is 2.52. The summed E-state index contributed by atoms with van der Waals surface area (Å²) < 4.78 is 26.6. The standard InChI is InChI=1S/C16H24N2O3S/c1-3-4-5-16(19)17-10-12-18(13-11-17)22(20,21)15-8-6-14(2)7-9-15/h6-9H,3-5,10-13H2,1-2H3. The zero-order valence-corrected chi connectivity index (χ0v) is 14.1. The van der Waals surface area contributed by atoms with Gasteiger partial charge in [-0.2, -0.15) is 4.31 Å². The van der Waals surface area contributed by atoms with Crippen LogP contribution in [-0.4, -0.2) is 49.7 Å². The minimum absolute atomic E-state index is 0.134. The van der Waals surface area contributed by atoms with Crippen molar-refractivity contribution in [3.8, 4) is 0 Å².